The van der Waals surface area contributed by atoms with Gasteiger partial charge in [-0.15, -0.1) is 0 Å². The van der Waals surface area contributed by atoms with Crippen LogP contribution in [0.15, 0.2) is 42.6 Å². The van der Waals surface area contributed by atoms with Crippen LogP contribution in [-0.4, -0.2) is 61.1 Å². The first kappa shape index (κ1) is 20.8. The molecule has 1 aromatic heterocycles. The Kier molecular flexibility index (Phi) is 5.57. The number of aromatic nitrogens is 1. The predicted octanol–water partition coefficient (Wildman–Crippen LogP) is 1.53. The van der Waals surface area contributed by atoms with E-state index in [4.69, 9.17) is 4.74 Å². The number of fused-ring (bicyclic) bond motifs is 1. The summed E-state index contributed by atoms with van der Waals surface area (Å²) in [5.41, 5.74) is 4.93. The largest absolute Gasteiger partial charge is 0.508 e. The van der Waals surface area contributed by atoms with Crippen LogP contribution in [0.1, 0.15) is 28.5 Å². The molecular weight excluding hydrogens is 386 g/mol. The molecular formula is C23H27NO6. The summed E-state index contributed by atoms with van der Waals surface area (Å²) in [6.45, 7) is 3.51. The van der Waals surface area contributed by atoms with Gasteiger partial charge >= 0.3 is 0 Å². The average Bonchev–Trinajstić information content (AvgIpc) is 3.11. The minimum Gasteiger partial charge on any atom is -0.508 e. The molecule has 30 heavy (non-hydrogen) atoms. The number of aromatic hydroxyl groups is 1. The Bertz CT molecular complexity index is 1040. The molecule has 0 unspecified atom stereocenters. The van der Waals surface area contributed by atoms with Gasteiger partial charge in [-0.2, -0.15) is 0 Å². The Morgan fingerprint density at radius 3 is 2.23 bits per heavy atom. The Balaban J connectivity index is 1.84. The number of aryl methyl sites for hydroxylation is 2. The maximum atomic E-state index is 10.7. The van der Waals surface area contributed by atoms with E-state index in [1.807, 2.05) is 44.3 Å². The number of phenolic OH excluding ortho intramolecular Hbond substituents is 1. The molecule has 4 rings (SSSR count). The Hall–Kier alpha value is -2.42. The molecule has 0 amide bonds. The fourth-order valence-corrected chi connectivity index (χ4v) is 4.31. The molecule has 2 heterocycles. The molecule has 0 bridgehead atoms. The molecule has 1 aliphatic heterocycles. The third-order valence-electron chi connectivity index (χ3n) is 5.93. The Labute approximate surface area is 174 Å². The first-order chi connectivity index (χ1) is 14.3. The maximum Gasteiger partial charge on any atom is 0.163 e. The van der Waals surface area contributed by atoms with Crippen LogP contribution in [0.3, 0.4) is 0 Å². The molecule has 3 aromatic rings. The molecule has 1 saturated heterocycles. The topological polar surface area (TPSA) is 115 Å². The van der Waals surface area contributed by atoms with Gasteiger partial charge in [0.2, 0.25) is 0 Å². The molecule has 0 radical (unpaired) electrons. The third kappa shape index (κ3) is 3.49. The van der Waals surface area contributed by atoms with E-state index in [1.54, 1.807) is 16.7 Å². The van der Waals surface area contributed by atoms with Gasteiger partial charge in [0, 0.05) is 11.6 Å². The van der Waals surface area contributed by atoms with Gasteiger partial charge in [-0.05, 0) is 54.7 Å². The number of hydrogen-bond donors (Lipinski definition) is 5. The zero-order valence-corrected chi connectivity index (χ0v) is 16.9. The number of aliphatic hydroxyl groups excluding tert-OH is 4. The first-order valence-corrected chi connectivity index (χ1v) is 10.00. The molecule has 160 valence electrons. The fraction of sp³-hybridized carbons (Fsp3) is 0.391. The molecule has 5 N–H and O–H groups in total. The quantitative estimate of drug-likeness (QED) is 0.443. The van der Waals surface area contributed by atoms with Crippen LogP contribution in [0.4, 0.5) is 0 Å². The van der Waals surface area contributed by atoms with Gasteiger partial charge < -0.3 is 34.8 Å². The molecule has 7 nitrogen and oxygen atoms in total. The van der Waals surface area contributed by atoms with Gasteiger partial charge in [0.25, 0.3) is 0 Å². The highest BCUT2D eigenvalue weighted by atomic mass is 16.6. The van der Waals surface area contributed by atoms with Gasteiger partial charge in [-0.3, -0.25) is 0 Å². The summed E-state index contributed by atoms with van der Waals surface area (Å²) in [6, 6.07) is 11.0. The van der Waals surface area contributed by atoms with Crippen molar-refractivity contribution in [3.8, 4) is 5.75 Å². The van der Waals surface area contributed by atoms with E-state index in [2.05, 4.69) is 0 Å². The Morgan fingerprint density at radius 1 is 0.900 bits per heavy atom. The van der Waals surface area contributed by atoms with Crippen LogP contribution in [0.2, 0.25) is 0 Å². The Morgan fingerprint density at radius 2 is 1.57 bits per heavy atom. The average molecular weight is 413 g/mol. The van der Waals surface area contributed by atoms with Gasteiger partial charge in [0.1, 0.15) is 30.2 Å². The summed E-state index contributed by atoms with van der Waals surface area (Å²) in [4.78, 5) is 0. The summed E-state index contributed by atoms with van der Waals surface area (Å²) in [7, 11) is 0. The summed E-state index contributed by atoms with van der Waals surface area (Å²) in [5, 5.41) is 51.2. The van der Waals surface area contributed by atoms with Crippen molar-refractivity contribution in [2.75, 3.05) is 6.61 Å². The van der Waals surface area contributed by atoms with Crippen LogP contribution in [0.5, 0.6) is 5.75 Å². The minimum atomic E-state index is -1.44. The van der Waals surface area contributed by atoms with E-state index < -0.39 is 37.3 Å². The fourth-order valence-electron chi connectivity index (χ4n) is 4.31. The lowest BCUT2D eigenvalue weighted by atomic mass is 9.98. The first-order valence-electron chi connectivity index (χ1n) is 10.00. The molecule has 2 aromatic carbocycles. The SMILES string of the molecule is Cc1ccc(C)c2c1c(Cc1ccc(O)cc1)cn2[C@@H]1O[C@H](CO)[C@@H](O)[C@H](O)[C@H]1O. The number of ether oxygens (including phenoxy) is 1. The van der Waals surface area contributed by atoms with Gasteiger partial charge in [-0.1, -0.05) is 24.3 Å². The zero-order chi connectivity index (χ0) is 21.6. The summed E-state index contributed by atoms with van der Waals surface area (Å²) in [5.74, 6) is 0.203. The van der Waals surface area contributed by atoms with Gasteiger partial charge in [0.05, 0.1) is 12.1 Å². The van der Waals surface area contributed by atoms with E-state index >= 15 is 0 Å². The van der Waals surface area contributed by atoms with E-state index in [1.165, 1.54) is 0 Å². The van der Waals surface area contributed by atoms with Crippen molar-refractivity contribution in [1.82, 2.24) is 4.57 Å². The lowest BCUT2D eigenvalue weighted by Gasteiger charge is -2.40. The van der Waals surface area contributed by atoms with E-state index in [0.717, 1.165) is 33.2 Å². The second kappa shape index (κ2) is 8.02. The number of nitrogens with zero attached hydrogens (tertiary/aromatic N) is 1. The maximum absolute atomic E-state index is 10.7. The van der Waals surface area contributed by atoms with Crippen molar-refractivity contribution >= 4 is 10.9 Å². The van der Waals surface area contributed by atoms with Crippen LogP contribution in [-0.2, 0) is 11.2 Å². The molecule has 0 saturated carbocycles. The zero-order valence-electron chi connectivity index (χ0n) is 16.9. The van der Waals surface area contributed by atoms with Gasteiger partial charge in [-0.25, -0.2) is 0 Å². The van der Waals surface area contributed by atoms with Crippen molar-refractivity contribution in [1.29, 1.82) is 0 Å². The summed E-state index contributed by atoms with van der Waals surface area (Å²) >= 11 is 0. The molecule has 0 aliphatic carbocycles. The summed E-state index contributed by atoms with van der Waals surface area (Å²) < 4.78 is 7.61. The normalized spacial score (nSPS) is 26.9. The monoisotopic (exact) mass is 413 g/mol. The van der Waals surface area contributed by atoms with Gasteiger partial charge in [0.15, 0.2) is 6.23 Å². The van der Waals surface area contributed by atoms with Crippen LogP contribution in [0, 0.1) is 13.8 Å². The smallest absolute Gasteiger partial charge is 0.163 e. The summed E-state index contributed by atoms with van der Waals surface area (Å²) in [6.07, 6.45) is -3.64. The van der Waals surface area contributed by atoms with Crippen LogP contribution < -0.4 is 0 Å². The van der Waals surface area contributed by atoms with Crippen LogP contribution in [0.25, 0.3) is 10.9 Å². The highest BCUT2D eigenvalue weighted by Crippen LogP contribution is 2.36. The predicted molar refractivity (Wildman–Crippen MR) is 111 cm³/mol. The molecule has 0 spiro atoms. The highest BCUT2D eigenvalue weighted by molar-refractivity contribution is 5.90. The van der Waals surface area contributed by atoms with E-state index in [9.17, 15) is 25.5 Å². The van der Waals surface area contributed by atoms with Crippen LogP contribution >= 0.6 is 0 Å². The second-order valence-corrected chi connectivity index (χ2v) is 8.05. The molecule has 1 fully saturated rings. The molecule has 1 aliphatic rings. The number of phenols is 1. The van der Waals surface area contributed by atoms with Crippen molar-refractivity contribution in [2.45, 2.75) is 50.9 Å². The number of hydrogen-bond acceptors (Lipinski definition) is 6. The minimum absolute atomic E-state index is 0.203. The van der Waals surface area contributed by atoms with Crippen molar-refractivity contribution < 1.29 is 30.3 Å². The number of rotatable bonds is 4. The number of benzene rings is 2. The standard InChI is InChI=1S/C23H27NO6/c1-12-3-4-13(2)19-18(12)15(9-14-5-7-16(26)8-6-14)10-24(19)23-22(29)21(28)20(27)17(11-25)30-23/h3-8,10,17,20-23,25-29H,9,11H2,1-2H3/t17-,20-,21+,22-,23-/m1/s1. The van der Waals surface area contributed by atoms with Crippen molar-refractivity contribution in [3.63, 3.8) is 0 Å². The lowest BCUT2D eigenvalue weighted by molar-refractivity contribution is -0.250. The van der Waals surface area contributed by atoms with Crippen molar-refractivity contribution in [3.05, 3.63) is 64.8 Å². The van der Waals surface area contributed by atoms with E-state index in [0.29, 0.717) is 6.42 Å². The molecule has 5 atom stereocenters. The highest BCUT2D eigenvalue weighted by Gasteiger charge is 2.44. The van der Waals surface area contributed by atoms with Crippen molar-refractivity contribution in [2.24, 2.45) is 0 Å². The third-order valence-corrected chi connectivity index (χ3v) is 5.93. The number of aliphatic hydroxyl groups is 4. The van der Waals surface area contributed by atoms with E-state index in [-0.39, 0.29) is 5.75 Å². The second-order valence-electron chi connectivity index (χ2n) is 8.05. The molecule has 7 heteroatoms. The lowest BCUT2D eigenvalue weighted by Crippen LogP contribution is -2.56.